The lowest BCUT2D eigenvalue weighted by Gasteiger charge is -2.37. The first-order valence-corrected chi connectivity index (χ1v) is 10.6. The molecule has 5 rings (SSSR count). The summed E-state index contributed by atoms with van der Waals surface area (Å²) in [6, 6.07) is 18.8. The van der Waals surface area contributed by atoms with Gasteiger partial charge in [-0.2, -0.15) is 0 Å². The van der Waals surface area contributed by atoms with Gasteiger partial charge in [-0.05, 0) is 52.0 Å². The van der Waals surface area contributed by atoms with Crippen LogP contribution >= 0.6 is 11.3 Å². The first-order valence-electron chi connectivity index (χ1n) is 9.74. The minimum absolute atomic E-state index is 0.711. The summed E-state index contributed by atoms with van der Waals surface area (Å²) in [6.07, 6.45) is 0. The number of thiophene rings is 1. The second kappa shape index (κ2) is 6.33. The molecule has 5 aromatic rings. The molecule has 0 bridgehead atoms. The number of fused-ring (bicyclic) bond motifs is 7. The highest BCUT2D eigenvalue weighted by Gasteiger charge is 2.35. The molecule has 0 fully saturated rings. The van der Waals surface area contributed by atoms with Gasteiger partial charge in [0.25, 0.3) is 0 Å². The zero-order chi connectivity index (χ0) is 20.4. The fourth-order valence-electron chi connectivity index (χ4n) is 3.53. The van der Waals surface area contributed by atoms with Gasteiger partial charge in [-0.3, -0.25) is 0 Å². The third-order valence-electron chi connectivity index (χ3n) is 5.96. The van der Waals surface area contributed by atoms with Crippen LogP contribution in [0.3, 0.4) is 0 Å². The van der Waals surface area contributed by atoms with Crippen molar-refractivity contribution >= 4 is 66.4 Å². The maximum Gasteiger partial charge on any atom is 0.330 e. The molecule has 0 saturated heterocycles. The van der Waals surface area contributed by atoms with Gasteiger partial charge in [0.2, 0.25) is 0 Å². The van der Waals surface area contributed by atoms with Crippen molar-refractivity contribution < 1.29 is 14.2 Å². The maximum atomic E-state index is 10.3. The predicted molar refractivity (Wildman–Crippen MR) is 123 cm³/mol. The van der Waals surface area contributed by atoms with E-state index >= 15 is 0 Å². The number of furan rings is 1. The van der Waals surface area contributed by atoms with E-state index in [1.54, 1.807) is 21.3 Å². The molecule has 1 N–H and O–H groups in total. The van der Waals surface area contributed by atoms with Crippen molar-refractivity contribution in [2.45, 2.75) is 38.9 Å². The van der Waals surface area contributed by atoms with Crippen molar-refractivity contribution in [3.05, 3.63) is 54.6 Å². The Morgan fingerprint density at radius 1 is 0.862 bits per heavy atom. The van der Waals surface area contributed by atoms with Crippen molar-refractivity contribution in [3.63, 3.8) is 0 Å². The van der Waals surface area contributed by atoms with E-state index in [-0.39, 0.29) is 0 Å². The normalized spacial score (nSPS) is 13.1. The standard InChI is InChI=1S/C24H22BO3S/c1-23(2,26)24(3,4)28-25-14-9-10-17-16(13-14)21-18(27-17)11-12-20-22(21)15-7-5-6-8-19(15)29-20/h5-13,26H,1-4H3. The number of hydrogen-bond donors (Lipinski definition) is 1. The first-order chi connectivity index (χ1) is 13.7. The molecule has 0 atom stereocenters. The smallest absolute Gasteiger partial charge is 0.330 e. The highest BCUT2D eigenvalue weighted by Crippen LogP contribution is 2.41. The molecule has 0 aliphatic rings. The minimum Gasteiger partial charge on any atom is -0.456 e. The third kappa shape index (κ3) is 2.96. The average molecular weight is 401 g/mol. The van der Waals surface area contributed by atoms with Crippen LogP contribution in [0.25, 0.3) is 42.1 Å². The van der Waals surface area contributed by atoms with Gasteiger partial charge in [-0.15, -0.1) is 11.3 Å². The SMILES string of the molecule is CC(C)(O)C(C)(C)O[B]c1ccc2oc3ccc4sc5ccccc5c4c3c2c1. The van der Waals surface area contributed by atoms with Crippen LogP contribution in [0, 0.1) is 0 Å². The Morgan fingerprint density at radius 3 is 2.41 bits per heavy atom. The van der Waals surface area contributed by atoms with Crippen molar-refractivity contribution in [2.24, 2.45) is 0 Å². The van der Waals surface area contributed by atoms with Crippen LogP contribution in [-0.2, 0) is 4.65 Å². The zero-order valence-corrected chi connectivity index (χ0v) is 17.8. The highest BCUT2D eigenvalue weighted by atomic mass is 32.1. The van der Waals surface area contributed by atoms with Gasteiger partial charge in [0, 0.05) is 30.9 Å². The van der Waals surface area contributed by atoms with E-state index in [0.717, 1.165) is 27.4 Å². The van der Waals surface area contributed by atoms with Crippen molar-refractivity contribution in [3.8, 4) is 0 Å². The van der Waals surface area contributed by atoms with E-state index in [2.05, 4.69) is 42.5 Å². The number of rotatable bonds is 4. The molecule has 29 heavy (non-hydrogen) atoms. The molecule has 3 nitrogen and oxygen atoms in total. The highest BCUT2D eigenvalue weighted by molar-refractivity contribution is 7.26. The van der Waals surface area contributed by atoms with Gasteiger partial charge >= 0.3 is 7.48 Å². The van der Waals surface area contributed by atoms with Crippen LogP contribution in [0.5, 0.6) is 0 Å². The molecule has 1 radical (unpaired) electrons. The second-order valence-corrected chi connectivity index (χ2v) is 9.66. The van der Waals surface area contributed by atoms with Gasteiger partial charge < -0.3 is 14.2 Å². The summed E-state index contributed by atoms with van der Waals surface area (Å²) in [4.78, 5) is 0. The fraction of sp³-hybridized carbons (Fsp3) is 0.250. The van der Waals surface area contributed by atoms with Crippen LogP contribution in [-0.4, -0.2) is 23.8 Å². The maximum absolute atomic E-state index is 10.3. The van der Waals surface area contributed by atoms with Gasteiger partial charge in [0.15, 0.2) is 0 Å². The topological polar surface area (TPSA) is 42.6 Å². The van der Waals surface area contributed by atoms with E-state index < -0.39 is 11.2 Å². The molecule has 0 amide bonds. The van der Waals surface area contributed by atoms with Crippen molar-refractivity contribution in [1.82, 2.24) is 0 Å². The molecule has 2 heterocycles. The van der Waals surface area contributed by atoms with E-state index in [9.17, 15) is 5.11 Å². The van der Waals surface area contributed by atoms with E-state index in [4.69, 9.17) is 9.07 Å². The van der Waals surface area contributed by atoms with Crippen LogP contribution in [0.2, 0.25) is 0 Å². The third-order valence-corrected chi connectivity index (χ3v) is 7.10. The molecule has 5 heteroatoms. The van der Waals surface area contributed by atoms with Crippen LogP contribution in [0.4, 0.5) is 0 Å². The summed E-state index contributed by atoms with van der Waals surface area (Å²) in [5.74, 6) is 0. The Bertz CT molecular complexity index is 1370. The van der Waals surface area contributed by atoms with Gasteiger partial charge in [-0.25, -0.2) is 0 Å². The first kappa shape index (κ1) is 18.7. The largest absolute Gasteiger partial charge is 0.456 e. The summed E-state index contributed by atoms with van der Waals surface area (Å²) >= 11 is 1.81. The summed E-state index contributed by atoms with van der Waals surface area (Å²) in [5, 5.41) is 15.1. The minimum atomic E-state index is -0.961. The molecule has 145 valence electrons. The van der Waals surface area contributed by atoms with Crippen LogP contribution in [0.1, 0.15) is 27.7 Å². The molecule has 0 aliphatic heterocycles. The number of hydrogen-bond acceptors (Lipinski definition) is 4. The molecule has 0 spiro atoms. The quantitative estimate of drug-likeness (QED) is 0.389. The van der Waals surface area contributed by atoms with Gasteiger partial charge in [-0.1, -0.05) is 35.8 Å². The molecule has 0 aliphatic carbocycles. The molecular formula is C24H22BO3S. The Morgan fingerprint density at radius 2 is 1.62 bits per heavy atom. The monoisotopic (exact) mass is 401 g/mol. The molecule has 2 aromatic heterocycles. The van der Waals surface area contributed by atoms with Crippen molar-refractivity contribution in [1.29, 1.82) is 0 Å². The Hall–Kier alpha value is -2.34. The Balaban J connectivity index is 1.67. The molecular weight excluding hydrogens is 379 g/mol. The van der Waals surface area contributed by atoms with Crippen molar-refractivity contribution in [2.75, 3.05) is 0 Å². The Kier molecular flexibility index (Phi) is 4.08. The van der Waals surface area contributed by atoms with Gasteiger partial charge in [0.1, 0.15) is 11.2 Å². The molecule has 0 unspecified atom stereocenters. The van der Waals surface area contributed by atoms with E-state index in [1.807, 2.05) is 37.3 Å². The zero-order valence-electron chi connectivity index (χ0n) is 16.9. The fourth-order valence-corrected chi connectivity index (χ4v) is 4.65. The molecule has 0 saturated carbocycles. The van der Waals surface area contributed by atoms with E-state index in [0.29, 0.717) is 0 Å². The van der Waals surface area contributed by atoms with Gasteiger partial charge in [0.05, 0.1) is 11.2 Å². The summed E-state index contributed by atoms with van der Waals surface area (Å²) in [5.41, 5.74) is 1.02. The van der Waals surface area contributed by atoms with E-state index in [1.165, 1.54) is 20.2 Å². The summed E-state index contributed by atoms with van der Waals surface area (Å²) in [6.45, 7) is 7.28. The number of aliphatic hydroxyl groups is 1. The average Bonchev–Trinajstić information content (AvgIpc) is 3.22. The lowest BCUT2D eigenvalue weighted by Crippen LogP contribution is -2.49. The Labute approximate surface area is 174 Å². The van der Waals surface area contributed by atoms with Crippen LogP contribution in [0.15, 0.2) is 59.0 Å². The lowest BCUT2D eigenvalue weighted by molar-refractivity contribution is -0.0893. The molecule has 3 aromatic carbocycles. The number of benzene rings is 3. The predicted octanol–water partition coefficient (Wildman–Crippen LogP) is 5.76. The second-order valence-electron chi connectivity index (χ2n) is 8.57. The summed E-state index contributed by atoms with van der Waals surface area (Å²) < 4.78 is 14.6. The lowest BCUT2D eigenvalue weighted by atomic mass is 9.82. The van der Waals surface area contributed by atoms with Crippen LogP contribution < -0.4 is 5.46 Å². The summed E-state index contributed by atoms with van der Waals surface area (Å²) in [7, 11) is 1.72.